The topological polar surface area (TPSA) is 3.24 Å². The molecule has 0 saturated heterocycles. The maximum atomic E-state index is 13.8. The first kappa shape index (κ1) is 23.5. The molecule has 0 spiro atoms. The third-order valence-corrected chi connectivity index (χ3v) is 4.60. The maximum Gasteiger partial charge on any atom is 0.485 e. The molecule has 0 fully saturated rings. The summed E-state index contributed by atoms with van der Waals surface area (Å²) >= 11 is 0. The van der Waals surface area contributed by atoms with Gasteiger partial charge in [-0.2, -0.15) is 13.2 Å². The van der Waals surface area contributed by atoms with E-state index in [1.807, 2.05) is 13.8 Å². The molecule has 2 atom stereocenters. The van der Waals surface area contributed by atoms with Crippen molar-refractivity contribution in [2.24, 2.45) is 11.8 Å². The van der Waals surface area contributed by atoms with Crippen LogP contribution in [-0.2, 0) is 0 Å². The number of benzene rings is 1. The van der Waals surface area contributed by atoms with Gasteiger partial charge in [-0.3, -0.25) is 4.90 Å². The van der Waals surface area contributed by atoms with E-state index in [1.165, 1.54) is 6.92 Å². The Kier molecular flexibility index (Phi) is 8.35. The first-order chi connectivity index (χ1) is 12.4. The molecule has 1 nitrogen and oxygen atoms in total. The van der Waals surface area contributed by atoms with E-state index in [9.17, 15) is 35.1 Å². The van der Waals surface area contributed by atoms with Gasteiger partial charge in [0, 0.05) is 6.54 Å². The summed E-state index contributed by atoms with van der Waals surface area (Å²) in [6, 6.07) is 0. The summed E-state index contributed by atoms with van der Waals surface area (Å²) in [6.07, 6.45) is -1.67. The summed E-state index contributed by atoms with van der Waals surface area (Å²) in [7, 11) is 0. The molecule has 0 aliphatic rings. The minimum Gasteiger partial charge on any atom is -0.278 e. The van der Waals surface area contributed by atoms with Gasteiger partial charge in [0.2, 0.25) is 5.82 Å². The fourth-order valence-corrected chi connectivity index (χ4v) is 3.04. The fraction of sp³-hybridized carbons (Fsp3) is 0.667. The molecule has 0 aromatic heterocycles. The predicted octanol–water partition coefficient (Wildman–Crippen LogP) is 6.95. The molecule has 0 aliphatic carbocycles. The predicted molar refractivity (Wildman–Crippen MR) is 86.7 cm³/mol. The SMILES string of the molecule is CCCC(CC)CCC(C)CN(c1c(F)c(F)c(F)c(F)c1F)C(F)(F)F. The number of rotatable bonds is 9. The molecular formula is C18H23F8N. The van der Waals surface area contributed by atoms with Gasteiger partial charge in [0.15, 0.2) is 23.3 Å². The zero-order chi connectivity index (χ0) is 20.9. The van der Waals surface area contributed by atoms with E-state index in [0.717, 1.165) is 19.3 Å². The highest BCUT2D eigenvalue weighted by Gasteiger charge is 2.43. The number of hydrogen-bond donors (Lipinski definition) is 0. The molecule has 1 aromatic carbocycles. The number of anilines is 1. The van der Waals surface area contributed by atoms with E-state index in [1.54, 1.807) is 0 Å². The van der Waals surface area contributed by atoms with Crippen LogP contribution in [0.5, 0.6) is 0 Å². The fourth-order valence-electron chi connectivity index (χ4n) is 3.04. The summed E-state index contributed by atoms with van der Waals surface area (Å²) in [6.45, 7) is 4.48. The lowest BCUT2D eigenvalue weighted by molar-refractivity contribution is -0.131. The van der Waals surface area contributed by atoms with Gasteiger partial charge in [0.05, 0.1) is 0 Å². The van der Waals surface area contributed by atoms with Crippen LogP contribution >= 0.6 is 0 Å². The minimum absolute atomic E-state index is 0.311. The standard InChI is InChI=1S/C18H23F8N/c1-4-6-11(5-2)8-7-10(3)9-27(18(24,25)26)17-15(22)13(20)12(19)14(21)16(17)23/h10-11H,4-9H2,1-3H3. The Morgan fingerprint density at radius 3 is 1.67 bits per heavy atom. The zero-order valence-corrected chi connectivity index (χ0v) is 15.4. The van der Waals surface area contributed by atoms with Crippen LogP contribution in [0.2, 0.25) is 0 Å². The van der Waals surface area contributed by atoms with Crippen LogP contribution in [0.3, 0.4) is 0 Å². The van der Waals surface area contributed by atoms with Gasteiger partial charge in [-0.25, -0.2) is 22.0 Å². The van der Waals surface area contributed by atoms with E-state index in [-0.39, 0.29) is 0 Å². The van der Waals surface area contributed by atoms with Crippen LogP contribution < -0.4 is 4.90 Å². The average molecular weight is 405 g/mol. The van der Waals surface area contributed by atoms with Crippen molar-refractivity contribution >= 4 is 5.69 Å². The van der Waals surface area contributed by atoms with Crippen molar-refractivity contribution in [3.05, 3.63) is 29.1 Å². The van der Waals surface area contributed by atoms with Gasteiger partial charge in [-0.15, -0.1) is 0 Å². The van der Waals surface area contributed by atoms with Crippen molar-refractivity contribution in [1.29, 1.82) is 0 Å². The Balaban J connectivity index is 3.13. The highest BCUT2D eigenvalue weighted by atomic mass is 19.4. The quantitative estimate of drug-likeness (QED) is 0.186. The van der Waals surface area contributed by atoms with Crippen LogP contribution in [0.25, 0.3) is 0 Å². The van der Waals surface area contributed by atoms with Gasteiger partial charge in [0.25, 0.3) is 0 Å². The molecule has 0 radical (unpaired) electrons. The van der Waals surface area contributed by atoms with Crippen molar-refractivity contribution in [2.45, 2.75) is 59.2 Å². The summed E-state index contributed by atoms with van der Waals surface area (Å²) in [5, 5.41) is 0. The van der Waals surface area contributed by atoms with E-state index in [2.05, 4.69) is 0 Å². The van der Waals surface area contributed by atoms with Crippen LogP contribution in [0, 0.1) is 40.9 Å². The summed E-state index contributed by atoms with van der Waals surface area (Å²) in [5.74, 6) is -12.6. The maximum absolute atomic E-state index is 13.8. The second-order valence-electron chi connectivity index (χ2n) is 6.74. The Morgan fingerprint density at radius 2 is 1.26 bits per heavy atom. The second kappa shape index (κ2) is 9.59. The smallest absolute Gasteiger partial charge is 0.278 e. The van der Waals surface area contributed by atoms with Crippen LogP contribution in [-0.4, -0.2) is 12.8 Å². The van der Waals surface area contributed by atoms with Crippen LogP contribution in [0.4, 0.5) is 40.8 Å². The molecule has 0 N–H and O–H groups in total. The number of nitrogens with zero attached hydrogens (tertiary/aromatic N) is 1. The number of halogens is 8. The molecule has 0 aliphatic heterocycles. The van der Waals surface area contributed by atoms with Gasteiger partial charge in [0.1, 0.15) is 5.69 Å². The van der Waals surface area contributed by atoms with Crippen LogP contribution in [0.15, 0.2) is 0 Å². The van der Waals surface area contributed by atoms with Gasteiger partial charge < -0.3 is 0 Å². The van der Waals surface area contributed by atoms with E-state index >= 15 is 0 Å². The Bertz CT molecular complexity index is 600. The molecule has 0 heterocycles. The second-order valence-corrected chi connectivity index (χ2v) is 6.74. The summed E-state index contributed by atoms with van der Waals surface area (Å²) < 4.78 is 107. The van der Waals surface area contributed by atoms with Crippen molar-refractivity contribution < 1.29 is 35.1 Å². The van der Waals surface area contributed by atoms with Gasteiger partial charge >= 0.3 is 6.30 Å². The first-order valence-corrected chi connectivity index (χ1v) is 8.81. The molecule has 9 heteroatoms. The molecule has 1 rings (SSSR count). The monoisotopic (exact) mass is 405 g/mol. The summed E-state index contributed by atoms with van der Waals surface area (Å²) in [5.41, 5.74) is -1.97. The van der Waals surface area contributed by atoms with E-state index in [4.69, 9.17) is 0 Å². The average Bonchev–Trinajstić information content (AvgIpc) is 2.60. The van der Waals surface area contributed by atoms with Gasteiger partial charge in [-0.1, -0.05) is 46.5 Å². The lowest BCUT2D eigenvalue weighted by Gasteiger charge is -2.30. The lowest BCUT2D eigenvalue weighted by atomic mass is 9.91. The first-order valence-electron chi connectivity index (χ1n) is 8.81. The molecule has 27 heavy (non-hydrogen) atoms. The largest absolute Gasteiger partial charge is 0.485 e. The molecule has 0 amide bonds. The van der Waals surface area contributed by atoms with E-state index in [0.29, 0.717) is 18.8 Å². The molecule has 2 unspecified atom stereocenters. The van der Waals surface area contributed by atoms with Gasteiger partial charge in [-0.05, 0) is 18.3 Å². The Hall–Kier alpha value is -1.54. The highest BCUT2D eigenvalue weighted by molar-refractivity contribution is 5.51. The molecule has 156 valence electrons. The third-order valence-electron chi connectivity index (χ3n) is 4.60. The van der Waals surface area contributed by atoms with Crippen molar-refractivity contribution in [3.63, 3.8) is 0 Å². The Labute approximate surface area is 153 Å². The number of alkyl halides is 3. The molecule has 1 aromatic rings. The zero-order valence-electron chi connectivity index (χ0n) is 15.4. The van der Waals surface area contributed by atoms with Crippen molar-refractivity contribution in [2.75, 3.05) is 11.4 Å². The molecular weight excluding hydrogens is 382 g/mol. The Morgan fingerprint density at radius 1 is 0.778 bits per heavy atom. The van der Waals surface area contributed by atoms with Crippen LogP contribution in [0.1, 0.15) is 52.9 Å². The minimum atomic E-state index is -5.31. The van der Waals surface area contributed by atoms with Crippen molar-refractivity contribution in [3.8, 4) is 0 Å². The van der Waals surface area contributed by atoms with E-state index < -0.39 is 58.4 Å². The number of hydrogen-bond acceptors (Lipinski definition) is 1. The third kappa shape index (κ3) is 5.72. The lowest BCUT2D eigenvalue weighted by Crippen LogP contribution is -2.42. The van der Waals surface area contributed by atoms with Crippen molar-refractivity contribution in [1.82, 2.24) is 0 Å². The molecule has 0 bridgehead atoms. The highest BCUT2D eigenvalue weighted by Crippen LogP contribution is 2.37. The normalized spacial score (nSPS) is 14.3. The molecule has 0 saturated carbocycles. The summed E-state index contributed by atoms with van der Waals surface area (Å²) in [4.78, 5) is -0.700.